The van der Waals surface area contributed by atoms with Crippen molar-refractivity contribution in [3.05, 3.63) is 0 Å². The molecule has 0 aromatic heterocycles. The lowest BCUT2D eigenvalue weighted by atomic mass is 10.2. The van der Waals surface area contributed by atoms with Gasteiger partial charge in [-0.1, -0.05) is 0 Å². The Hall–Kier alpha value is -0.420. The van der Waals surface area contributed by atoms with Crippen molar-refractivity contribution < 1.29 is 9.90 Å². The zero-order valence-corrected chi connectivity index (χ0v) is 9.27. The van der Waals surface area contributed by atoms with Gasteiger partial charge in [-0.2, -0.15) is 11.8 Å². The van der Waals surface area contributed by atoms with Gasteiger partial charge < -0.3 is 15.7 Å². The number of aliphatic hydroxyl groups excluding tert-OH is 1. The first-order valence-electron chi connectivity index (χ1n) is 4.98. The highest BCUT2D eigenvalue weighted by molar-refractivity contribution is 7.99. The number of nitrogens with one attached hydrogen (secondary N) is 2. The van der Waals surface area contributed by atoms with Crippen LogP contribution in [0.3, 0.4) is 0 Å². The van der Waals surface area contributed by atoms with E-state index in [4.69, 9.17) is 5.11 Å². The van der Waals surface area contributed by atoms with E-state index in [2.05, 4.69) is 10.6 Å². The molecule has 0 aliphatic carbocycles. The predicted octanol–water partition coefficient (Wildman–Crippen LogP) is 0.562. The Labute approximate surface area is 88.8 Å². The highest BCUT2D eigenvalue weighted by Gasteiger charge is 2.16. The molecular formula is C9H18N2O2S. The first kappa shape index (κ1) is 11.7. The van der Waals surface area contributed by atoms with Crippen molar-refractivity contribution in [2.24, 2.45) is 0 Å². The summed E-state index contributed by atoms with van der Waals surface area (Å²) in [5, 5.41) is 14.3. The number of carbonyl (C=O) groups excluding carboxylic acids is 1. The number of amides is 2. The predicted molar refractivity (Wildman–Crippen MR) is 58.6 cm³/mol. The van der Waals surface area contributed by atoms with Crippen LogP contribution in [-0.4, -0.2) is 41.3 Å². The van der Waals surface area contributed by atoms with E-state index in [9.17, 15) is 4.79 Å². The molecular weight excluding hydrogens is 200 g/mol. The van der Waals surface area contributed by atoms with Gasteiger partial charge in [0.25, 0.3) is 0 Å². The second kappa shape index (κ2) is 6.14. The van der Waals surface area contributed by atoms with Crippen molar-refractivity contribution in [2.75, 3.05) is 18.1 Å². The monoisotopic (exact) mass is 218 g/mol. The average Bonchev–Trinajstić information content (AvgIpc) is 2.19. The number of aliphatic hydroxyl groups is 1. The first-order chi connectivity index (χ1) is 6.72. The maximum atomic E-state index is 11.3. The van der Waals surface area contributed by atoms with Crippen LogP contribution in [0, 0.1) is 0 Å². The fourth-order valence-corrected chi connectivity index (χ4v) is 2.42. The smallest absolute Gasteiger partial charge is 0.315 e. The molecule has 1 aliphatic heterocycles. The molecule has 1 aliphatic rings. The number of hydrogen-bond donors (Lipinski definition) is 3. The quantitative estimate of drug-likeness (QED) is 0.649. The number of urea groups is 1. The first-order valence-corrected chi connectivity index (χ1v) is 6.13. The molecule has 2 atom stereocenters. The summed E-state index contributed by atoms with van der Waals surface area (Å²) in [4.78, 5) is 11.3. The molecule has 1 unspecified atom stereocenters. The third kappa shape index (κ3) is 4.19. The van der Waals surface area contributed by atoms with Crippen molar-refractivity contribution in [3.8, 4) is 0 Å². The van der Waals surface area contributed by atoms with Gasteiger partial charge in [0.1, 0.15) is 0 Å². The van der Waals surface area contributed by atoms with Crippen LogP contribution < -0.4 is 10.6 Å². The number of thioether (sulfide) groups is 1. The van der Waals surface area contributed by atoms with Crippen molar-refractivity contribution >= 4 is 17.8 Å². The minimum Gasteiger partial charge on any atom is -0.394 e. The molecule has 1 saturated heterocycles. The van der Waals surface area contributed by atoms with Gasteiger partial charge in [-0.3, -0.25) is 0 Å². The van der Waals surface area contributed by atoms with Gasteiger partial charge in [0.05, 0.1) is 12.6 Å². The Morgan fingerprint density at radius 3 is 3.07 bits per heavy atom. The van der Waals surface area contributed by atoms with Crippen LogP contribution in [0.4, 0.5) is 4.79 Å². The van der Waals surface area contributed by atoms with Crippen LogP contribution in [0.15, 0.2) is 0 Å². The van der Waals surface area contributed by atoms with Crippen molar-refractivity contribution in [1.29, 1.82) is 0 Å². The molecule has 0 spiro atoms. The lowest BCUT2D eigenvalue weighted by Crippen LogP contribution is -2.47. The number of carbonyl (C=O) groups is 1. The Balaban J connectivity index is 2.18. The molecule has 2 amide bonds. The highest BCUT2D eigenvalue weighted by atomic mass is 32.2. The van der Waals surface area contributed by atoms with Crippen LogP contribution in [-0.2, 0) is 0 Å². The van der Waals surface area contributed by atoms with Gasteiger partial charge in [0.15, 0.2) is 0 Å². The normalized spacial score (nSPS) is 24.0. The van der Waals surface area contributed by atoms with Crippen LogP contribution in [0.2, 0.25) is 0 Å². The van der Waals surface area contributed by atoms with Crippen LogP contribution >= 0.6 is 11.8 Å². The summed E-state index contributed by atoms with van der Waals surface area (Å²) < 4.78 is 0. The largest absolute Gasteiger partial charge is 0.394 e. The highest BCUT2D eigenvalue weighted by Crippen LogP contribution is 2.16. The van der Waals surface area contributed by atoms with E-state index in [1.807, 2.05) is 11.8 Å². The summed E-state index contributed by atoms with van der Waals surface area (Å²) in [5.74, 6) is 2.20. The van der Waals surface area contributed by atoms with E-state index in [0.29, 0.717) is 6.04 Å². The third-order valence-electron chi connectivity index (χ3n) is 2.15. The fourth-order valence-electron chi connectivity index (χ4n) is 1.35. The van der Waals surface area contributed by atoms with Crippen molar-refractivity contribution in [2.45, 2.75) is 31.8 Å². The summed E-state index contributed by atoms with van der Waals surface area (Å²) in [6, 6.07) is -0.0510. The van der Waals surface area contributed by atoms with E-state index in [1.54, 1.807) is 6.92 Å². The van der Waals surface area contributed by atoms with Gasteiger partial charge in [0, 0.05) is 11.8 Å². The molecule has 1 heterocycles. The van der Waals surface area contributed by atoms with Gasteiger partial charge >= 0.3 is 6.03 Å². The van der Waals surface area contributed by atoms with E-state index in [-0.39, 0.29) is 18.7 Å². The third-order valence-corrected chi connectivity index (χ3v) is 3.36. The topological polar surface area (TPSA) is 61.4 Å². The minimum absolute atomic E-state index is 0.0210. The maximum Gasteiger partial charge on any atom is 0.315 e. The number of rotatable bonds is 3. The minimum atomic E-state index is -0.175. The Morgan fingerprint density at radius 2 is 2.50 bits per heavy atom. The molecule has 0 aromatic carbocycles. The lowest BCUT2D eigenvalue weighted by molar-refractivity contribution is 0.217. The zero-order chi connectivity index (χ0) is 10.4. The Bertz CT molecular complexity index is 184. The molecule has 3 N–H and O–H groups in total. The summed E-state index contributed by atoms with van der Waals surface area (Å²) in [6.45, 7) is 1.75. The summed E-state index contributed by atoms with van der Waals surface area (Å²) >= 11 is 1.88. The van der Waals surface area contributed by atoms with Crippen LogP contribution in [0.25, 0.3) is 0 Å². The van der Waals surface area contributed by atoms with E-state index < -0.39 is 0 Å². The van der Waals surface area contributed by atoms with Gasteiger partial charge in [-0.05, 0) is 25.5 Å². The summed E-state index contributed by atoms with van der Waals surface area (Å²) in [5.41, 5.74) is 0. The standard InChI is InChI=1S/C9H18N2O2S/c1-7(5-12)10-9(13)11-8-3-2-4-14-6-8/h7-8,12H,2-6H2,1H3,(H2,10,11,13)/t7-,8?/m0/s1. The Morgan fingerprint density at radius 1 is 1.71 bits per heavy atom. The molecule has 1 fully saturated rings. The summed E-state index contributed by atoms with van der Waals surface area (Å²) in [6.07, 6.45) is 2.24. The van der Waals surface area contributed by atoms with Gasteiger partial charge in [-0.15, -0.1) is 0 Å². The van der Waals surface area contributed by atoms with E-state index in [1.165, 1.54) is 12.2 Å². The van der Waals surface area contributed by atoms with Crippen LogP contribution in [0.1, 0.15) is 19.8 Å². The molecule has 4 nitrogen and oxygen atoms in total. The molecule has 0 bridgehead atoms. The average molecular weight is 218 g/mol. The molecule has 5 heteroatoms. The zero-order valence-electron chi connectivity index (χ0n) is 8.45. The van der Waals surface area contributed by atoms with Crippen molar-refractivity contribution in [1.82, 2.24) is 10.6 Å². The van der Waals surface area contributed by atoms with Gasteiger partial charge in [-0.25, -0.2) is 4.79 Å². The second-order valence-electron chi connectivity index (χ2n) is 3.62. The van der Waals surface area contributed by atoms with E-state index in [0.717, 1.165) is 12.2 Å². The number of hydrogen-bond acceptors (Lipinski definition) is 3. The van der Waals surface area contributed by atoms with Crippen molar-refractivity contribution in [3.63, 3.8) is 0 Å². The molecule has 0 saturated carbocycles. The molecule has 0 radical (unpaired) electrons. The second-order valence-corrected chi connectivity index (χ2v) is 4.77. The summed E-state index contributed by atoms with van der Waals surface area (Å²) in [7, 11) is 0. The molecule has 14 heavy (non-hydrogen) atoms. The molecule has 1 rings (SSSR count). The fraction of sp³-hybridized carbons (Fsp3) is 0.889. The van der Waals surface area contributed by atoms with E-state index >= 15 is 0 Å². The Kier molecular flexibility index (Phi) is 5.11. The lowest BCUT2D eigenvalue weighted by Gasteiger charge is -2.23. The maximum absolute atomic E-state index is 11.3. The SMILES string of the molecule is C[C@@H](CO)NC(=O)NC1CCCSC1. The van der Waals surface area contributed by atoms with Gasteiger partial charge in [0.2, 0.25) is 0 Å². The van der Waals surface area contributed by atoms with Crippen LogP contribution in [0.5, 0.6) is 0 Å². The molecule has 0 aromatic rings. The molecule has 82 valence electrons.